The maximum absolute atomic E-state index is 2.43. The van der Waals surface area contributed by atoms with E-state index in [4.69, 9.17) is 0 Å². The van der Waals surface area contributed by atoms with Gasteiger partial charge in [-0.25, -0.2) is 0 Å². The van der Waals surface area contributed by atoms with E-state index in [0.29, 0.717) is 0 Å². The summed E-state index contributed by atoms with van der Waals surface area (Å²) in [7, 11) is -0.572. The molecule has 0 N–H and O–H groups in total. The Morgan fingerprint density at radius 2 is 1.20 bits per heavy atom. The Kier molecular flexibility index (Phi) is 8.29. The minimum atomic E-state index is -0.572. The summed E-state index contributed by atoms with van der Waals surface area (Å²) < 4.78 is 0. The zero-order chi connectivity index (χ0) is 21.5. The molecule has 0 saturated heterocycles. The molecule has 0 heterocycles. The molecule has 3 rings (SSSR count). The molecule has 0 aliphatic rings. The maximum atomic E-state index is 2.43. The minimum Gasteiger partial charge on any atom is -0.0654 e. The lowest BCUT2D eigenvalue weighted by Gasteiger charge is -2.27. The van der Waals surface area contributed by atoms with Crippen LogP contribution in [0.25, 0.3) is 0 Å². The van der Waals surface area contributed by atoms with E-state index in [9.17, 15) is 0 Å². The molecule has 1 unspecified atom stereocenters. The van der Waals surface area contributed by atoms with Gasteiger partial charge in [-0.15, -0.1) is 0 Å². The second-order valence-electron chi connectivity index (χ2n) is 8.46. The molecule has 158 valence electrons. The van der Waals surface area contributed by atoms with Crippen LogP contribution < -0.4 is 15.9 Å². The molecule has 0 aliphatic heterocycles. The van der Waals surface area contributed by atoms with E-state index in [0.717, 1.165) is 0 Å². The predicted molar refractivity (Wildman–Crippen MR) is 137 cm³/mol. The fraction of sp³-hybridized carbons (Fsp3) is 0.379. The average molecular weight is 417 g/mol. The van der Waals surface area contributed by atoms with Crippen molar-refractivity contribution in [1.82, 2.24) is 0 Å². The van der Waals surface area contributed by atoms with Crippen LogP contribution in [0.3, 0.4) is 0 Å². The van der Waals surface area contributed by atoms with Crippen molar-refractivity contribution >= 4 is 23.8 Å². The van der Waals surface area contributed by atoms with Crippen LogP contribution in [0, 0.1) is 20.8 Å². The molecule has 3 aromatic carbocycles. The molecule has 0 nitrogen and oxygen atoms in total. The van der Waals surface area contributed by atoms with E-state index in [1.165, 1.54) is 65.8 Å². The molecule has 1 atom stereocenters. The first-order valence-corrected chi connectivity index (χ1v) is 12.9. The lowest BCUT2D eigenvalue weighted by Crippen LogP contribution is -2.27. The van der Waals surface area contributed by atoms with Gasteiger partial charge in [0.2, 0.25) is 0 Å². The monoisotopic (exact) mass is 416 g/mol. The summed E-state index contributed by atoms with van der Waals surface area (Å²) in [5.74, 6) is 0. The van der Waals surface area contributed by atoms with Gasteiger partial charge >= 0.3 is 0 Å². The van der Waals surface area contributed by atoms with Crippen molar-refractivity contribution in [1.29, 1.82) is 0 Å². The van der Waals surface area contributed by atoms with E-state index in [-0.39, 0.29) is 0 Å². The number of hydrogen-bond acceptors (Lipinski definition) is 0. The molecular formula is C29H37P. The molecule has 0 fully saturated rings. The summed E-state index contributed by atoms with van der Waals surface area (Å²) in [6.07, 6.45) is 7.43. The largest absolute Gasteiger partial charge is 0.0654 e. The van der Waals surface area contributed by atoms with E-state index in [1.807, 2.05) is 0 Å². The van der Waals surface area contributed by atoms with Crippen molar-refractivity contribution in [3.8, 4) is 0 Å². The van der Waals surface area contributed by atoms with Crippen molar-refractivity contribution in [3.63, 3.8) is 0 Å². The zero-order valence-electron chi connectivity index (χ0n) is 19.5. The van der Waals surface area contributed by atoms with Gasteiger partial charge < -0.3 is 0 Å². The normalized spacial score (nSPS) is 12.2. The van der Waals surface area contributed by atoms with E-state index in [2.05, 4.69) is 95.3 Å². The number of rotatable bonds is 9. The van der Waals surface area contributed by atoms with E-state index >= 15 is 0 Å². The molecular weight excluding hydrogens is 379 g/mol. The first-order valence-electron chi connectivity index (χ1n) is 11.6. The fourth-order valence-corrected chi connectivity index (χ4v) is 7.20. The van der Waals surface area contributed by atoms with Crippen LogP contribution in [-0.2, 0) is 12.8 Å². The predicted octanol–water partition coefficient (Wildman–Crippen LogP) is 7.06. The van der Waals surface area contributed by atoms with Gasteiger partial charge in [0.25, 0.3) is 0 Å². The lowest BCUT2D eigenvalue weighted by atomic mass is 9.98. The first kappa shape index (κ1) is 22.8. The van der Waals surface area contributed by atoms with Crippen LogP contribution >= 0.6 is 7.92 Å². The van der Waals surface area contributed by atoms with Crippen LogP contribution in [0.4, 0.5) is 0 Å². The summed E-state index contributed by atoms with van der Waals surface area (Å²) in [6.45, 7) is 11.4. The average Bonchev–Trinajstić information content (AvgIpc) is 2.75. The van der Waals surface area contributed by atoms with Crippen molar-refractivity contribution in [3.05, 3.63) is 88.5 Å². The Bertz CT molecular complexity index is 970. The Labute approximate surface area is 185 Å². The number of aryl methyl sites for hydroxylation is 3. The van der Waals surface area contributed by atoms with Crippen LogP contribution in [0.2, 0.25) is 0 Å². The van der Waals surface area contributed by atoms with Gasteiger partial charge in [-0.1, -0.05) is 87.4 Å². The fourth-order valence-electron chi connectivity index (χ4n) is 4.26. The van der Waals surface area contributed by atoms with Crippen LogP contribution in [-0.4, -0.2) is 0 Å². The summed E-state index contributed by atoms with van der Waals surface area (Å²) in [5.41, 5.74) is 7.46. The topological polar surface area (TPSA) is 0 Å². The van der Waals surface area contributed by atoms with E-state index in [1.54, 1.807) is 16.4 Å². The Morgan fingerprint density at radius 3 is 1.93 bits per heavy atom. The van der Waals surface area contributed by atoms with Crippen molar-refractivity contribution in [2.45, 2.75) is 73.1 Å². The molecule has 0 spiro atoms. The molecule has 0 saturated carbocycles. The Balaban J connectivity index is 2.26. The minimum absolute atomic E-state index is 0.572. The van der Waals surface area contributed by atoms with Gasteiger partial charge in [0.15, 0.2) is 0 Å². The highest BCUT2D eigenvalue weighted by atomic mass is 31.1. The molecule has 0 radical (unpaired) electrons. The van der Waals surface area contributed by atoms with Gasteiger partial charge in [0.1, 0.15) is 0 Å². The maximum Gasteiger partial charge on any atom is -0.0116 e. The molecule has 0 bridgehead atoms. The van der Waals surface area contributed by atoms with Crippen LogP contribution in [0.5, 0.6) is 0 Å². The quantitative estimate of drug-likeness (QED) is 0.328. The Hall–Kier alpha value is -1.91. The SMILES string of the molecule is CCCCc1cccc(P(c2ccccc2C)c2cccc(C)c2C)c1CCCC. The van der Waals surface area contributed by atoms with Crippen molar-refractivity contribution in [2.24, 2.45) is 0 Å². The smallest absolute Gasteiger partial charge is 0.0116 e. The highest BCUT2D eigenvalue weighted by Crippen LogP contribution is 2.38. The number of benzene rings is 3. The summed E-state index contributed by atoms with van der Waals surface area (Å²) >= 11 is 0. The van der Waals surface area contributed by atoms with Crippen molar-refractivity contribution in [2.75, 3.05) is 0 Å². The second kappa shape index (κ2) is 10.9. The highest BCUT2D eigenvalue weighted by molar-refractivity contribution is 7.80. The molecule has 0 aliphatic carbocycles. The second-order valence-corrected chi connectivity index (χ2v) is 10.6. The standard InChI is InChI=1S/C29H37P/c1-6-8-16-25-17-13-21-29(26(25)18-9-7-2)30(27-19-11-10-14-23(27)4)28-20-12-15-22(3)24(28)5/h10-15,17,19-21H,6-9,16,18H2,1-5H3. The third-order valence-corrected chi connectivity index (χ3v) is 9.09. The van der Waals surface area contributed by atoms with Crippen LogP contribution in [0.1, 0.15) is 67.3 Å². The summed E-state index contributed by atoms with van der Waals surface area (Å²) in [5, 5.41) is 4.60. The highest BCUT2D eigenvalue weighted by Gasteiger charge is 2.24. The van der Waals surface area contributed by atoms with Gasteiger partial charge in [-0.2, -0.15) is 0 Å². The first-order chi connectivity index (χ1) is 14.6. The van der Waals surface area contributed by atoms with Crippen molar-refractivity contribution < 1.29 is 0 Å². The lowest BCUT2D eigenvalue weighted by molar-refractivity contribution is 0.761. The van der Waals surface area contributed by atoms with Gasteiger partial charge in [-0.05, 0) is 98.1 Å². The summed E-state index contributed by atoms with van der Waals surface area (Å²) in [4.78, 5) is 0. The van der Waals surface area contributed by atoms with Crippen LogP contribution in [0.15, 0.2) is 60.7 Å². The van der Waals surface area contributed by atoms with E-state index < -0.39 is 7.92 Å². The number of hydrogen-bond donors (Lipinski definition) is 0. The van der Waals surface area contributed by atoms with Gasteiger partial charge in [-0.3, -0.25) is 0 Å². The Morgan fingerprint density at radius 1 is 0.600 bits per heavy atom. The third kappa shape index (κ3) is 5.04. The molecule has 30 heavy (non-hydrogen) atoms. The molecule has 0 amide bonds. The number of unbranched alkanes of at least 4 members (excludes halogenated alkanes) is 2. The molecule has 3 aromatic rings. The summed E-state index contributed by atoms with van der Waals surface area (Å²) in [6, 6.07) is 23.0. The molecule has 1 heteroatoms. The van der Waals surface area contributed by atoms with Gasteiger partial charge in [0, 0.05) is 0 Å². The third-order valence-electron chi connectivity index (χ3n) is 6.24. The zero-order valence-corrected chi connectivity index (χ0v) is 20.4. The van der Waals surface area contributed by atoms with Gasteiger partial charge in [0.05, 0.1) is 0 Å². The molecule has 0 aromatic heterocycles.